The zero-order valence-corrected chi connectivity index (χ0v) is 14.7. The van der Waals surface area contributed by atoms with Gasteiger partial charge < -0.3 is 13.9 Å². The summed E-state index contributed by atoms with van der Waals surface area (Å²) in [6.45, 7) is 1.60. The van der Waals surface area contributed by atoms with Gasteiger partial charge in [0.2, 0.25) is 0 Å². The molecule has 0 atom stereocenters. The number of rotatable bonds is 5. The van der Waals surface area contributed by atoms with Gasteiger partial charge in [-0.25, -0.2) is 13.6 Å². The molecule has 3 aromatic rings. The molecule has 0 fully saturated rings. The summed E-state index contributed by atoms with van der Waals surface area (Å²) in [6, 6.07) is 8.06. The third-order valence-electron chi connectivity index (χ3n) is 4.22. The van der Waals surface area contributed by atoms with Crippen molar-refractivity contribution in [3.8, 4) is 5.75 Å². The first-order valence-electron chi connectivity index (χ1n) is 8.09. The highest BCUT2D eigenvalue weighted by molar-refractivity contribution is 5.84. The van der Waals surface area contributed by atoms with Gasteiger partial charge in [0.05, 0.1) is 19.1 Å². The van der Waals surface area contributed by atoms with Crippen LogP contribution >= 0.6 is 0 Å². The number of halogens is 2. The summed E-state index contributed by atoms with van der Waals surface area (Å²) >= 11 is 0. The standard InChI is InChI=1S/C20H16F2O5/c1-11-15-6-5-14(26-10-12-3-4-13(21)7-17(12)22)8-18(15)27-20(24)16(11)9-19(23)25-2/h3-8H,9-10H2,1-2H3. The quantitative estimate of drug-likeness (QED) is 0.504. The maximum atomic E-state index is 13.7. The van der Waals surface area contributed by atoms with Gasteiger partial charge in [-0.3, -0.25) is 4.79 Å². The number of fused-ring (bicyclic) bond motifs is 1. The Morgan fingerprint density at radius 3 is 2.63 bits per heavy atom. The fourth-order valence-electron chi connectivity index (χ4n) is 2.68. The van der Waals surface area contributed by atoms with E-state index in [2.05, 4.69) is 4.74 Å². The Balaban J connectivity index is 1.88. The molecule has 140 valence electrons. The molecule has 0 N–H and O–H groups in total. The number of ether oxygens (including phenoxy) is 2. The number of aryl methyl sites for hydroxylation is 1. The van der Waals surface area contributed by atoms with Crippen LogP contribution in [0.2, 0.25) is 0 Å². The van der Waals surface area contributed by atoms with Crippen LogP contribution in [0.4, 0.5) is 8.78 Å². The fraction of sp³-hybridized carbons (Fsp3) is 0.200. The van der Waals surface area contributed by atoms with Crippen LogP contribution < -0.4 is 10.4 Å². The highest BCUT2D eigenvalue weighted by atomic mass is 19.1. The fourth-order valence-corrected chi connectivity index (χ4v) is 2.68. The molecule has 0 radical (unpaired) electrons. The Bertz CT molecular complexity index is 1070. The lowest BCUT2D eigenvalue weighted by atomic mass is 10.0. The number of carbonyl (C=O) groups excluding carboxylic acids is 1. The van der Waals surface area contributed by atoms with Crippen molar-refractivity contribution in [1.82, 2.24) is 0 Å². The van der Waals surface area contributed by atoms with E-state index in [4.69, 9.17) is 9.15 Å². The normalized spacial score (nSPS) is 10.8. The van der Waals surface area contributed by atoms with E-state index in [1.165, 1.54) is 19.2 Å². The van der Waals surface area contributed by atoms with Crippen LogP contribution in [0.15, 0.2) is 45.6 Å². The van der Waals surface area contributed by atoms with Gasteiger partial charge in [0.15, 0.2) is 0 Å². The first-order valence-corrected chi connectivity index (χ1v) is 8.09. The second-order valence-electron chi connectivity index (χ2n) is 5.93. The van der Waals surface area contributed by atoms with E-state index in [9.17, 15) is 18.4 Å². The molecular weight excluding hydrogens is 358 g/mol. The molecule has 0 spiro atoms. The van der Waals surface area contributed by atoms with Crippen LogP contribution in [-0.2, 0) is 22.6 Å². The molecule has 3 rings (SSSR count). The van der Waals surface area contributed by atoms with Crippen molar-refractivity contribution in [1.29, 1.82) is 0 Å². The molecule has 1 aromatic heterocycles. The maximum Gasteiger partial charge on any atom is 0.340 e. The van der Waals surface area contributed by atoms with Gasteiger partial charge in [-0.2, -0.15) is 0 Å². The number of benzene rings is 2. The molecular formula is C20H16F2O5. The van der Waals surface area contributed by atoms with Crippen molar-refractivity contribution in [3.05, 3.63) is 75.1 Å². The van der Waals surface area contributed by atoms with Crippen molar-refractivity contribution in [3.63, 3.8) is 0 Å². The van der Waals surface area contributed by atoms with Gasteiger partial charge in [-0.1, -0.05) is 0 Å². The average Bonchev–Trinajstić information content (AvgIpc) is 2.64. The lowest BCUT2D eigenvalue weighted by Gasteiger charge is -2.10. The number of carbonyl (C=O) groups is 1. The number of methoxy groups -OCH3 is 1. The van der Waals surface area contributed by atoms with E-state index in [-0.39, 0.29) is 29.7 Å². The molecule has 0 aliphatic heterocycles. The third-order valence-corrected chi connectivity index (χ3v) is 4.22. The summed E-state index contributed by atoms with van der Waals surface area (Å²) in [5, 5.41) is 0.647. The monoisotopic (exact) mass is 374 g/mol. The molecule has 2 aromatic carbocycles. The highest BCUT2D eigenvalue weighted by Crippen LogP contribution is 2.25. The predicted octanol–water partition coefficient (Wildman–Crippen LogP) is 3.67. The molecule has 0 amide bonds. The SMILES string of the molecule is COC(=O)Cc1c(C)c2ccc(OCc3ccc(F)cc3F)cc2oc1=O. The first kappa shape index (κ1) is 18.6. The Morgan fingerprint density at radius 1 is 1.15 bits per heavy atom. The van der Waals surface area contributed by atoms with E-state index in [1.54, 1.807) is 19.1 Å². The van der Waals surface area contributed by atoms with Crippen molar-refractivity contribution in [2.75, 3.05) is 7.11 Å². The van der Waals surface area contributed by atoms with Crippen LogP contribution in [0.3, 0.4) is 0 Å². The summed E-state index contributed by atoms with van der Waals surface area (Å²) in [5.41, 5.74) is 0.692. The zero-order valence-electron chi connectivity index (χ0n) is 14.7. The number of esters is 1. The molecule has 7 heteroatoms. The Morgan fingerprint density at radius 2 is 1.93 bits per heavy atom. The second kappa shape index (κ2) is 7.57. The van der Waals surface area contributed by atoms with E-state index in [0.717, 1.165) is 12.1 Å². The van der Waals surface area contributed by atoms with Crippen molar-refractivity contribution < 1.29 is 27.5 Å². The van der Waals surface area contributed by atoms with Gasteiger partial charge in [0.1, 0.15) is 29.6 Å². The molecule has 0 unspecified atom stereocenters. The Labute approximate surface area is 153 Å². The van der Waals surface area contributed by atoms with Gasteiger partial charge >= 0.3 is 11.6 Å². The van der Waals surface area contributed by atoms with Crippen molar-refractivity contribution in [2.45, 2.75) is 20.0 Å². The van der Waals surface area contributed by atoms with Crippen LogP contribution in [0.5, 0.6) is 5.75 Å². The van der Waals surface area contributed by atoms with Crippen LogP contribution in [0.25, 0.3) is 11.0 Å². The Hall–Kier alpha value is -3.22. The molecule has 5 nitrogen and oxygen atoms in total. The van der Waals surface area contributed by atoms with E-state index in [1.807, 2.05) is 0 Å². The van der Waals surface area contributed by atoms with Gasteiger partial charge in [-0.15, -0.1) is 0 Å². The van der Waals surface area contributed by atoms with Crippen LogP contribution in [0, 0.1) is 18.6 Å². The molecule has 27 heavy (non-hydrogen) atoms. The summed E-state index contributed by atoms with van der Waals surface area (Å²) in [7, 11) is 1.24. The summed E-state index contributed by atoms with van der Waals surface area (Å²) in [6.07, 6.45) is -0.178. The Kier molecular flexibility index (Phi) is 5.21. The third kappa shape index (κ3) is 3.97. The lowest BCUT2D eigenvalue weighted by molar-refractivity contribution is -0.139. The van der Waals surface area contributed by atoms with Gasteiger partial charge in [-0.05, 0) is 36.8 Å². The van der Waals surface area contributed by atoms with Crippen molar-refractivity contribution >= 4 is 16.9 Å². The molecule has 0 aliphatic rings. The van der Waals surface area contributed by atoms with Crippen molar-refractivity contribution in [2.24, 2.45) is 0 Å². The molecule has 0 saturated carbocycles. The van der Waals surface area contributed by atoms with Crippen LogP contribution in [0.1, 0.15) is 16.7 Å². The van der Waals surface area contributed by atoms with E-state index >= 15 is 0 Å². The minimum absolute atomic E-state index is 0.110. The lowest BCUT2D eigenvalue weighted by Crippen LogP contribution is -2.16. The highest BCUT2D eigenvalue weighted by Gasteiger charge is 2.15. The molecule has 0 bridgehead atoms. The van der Waals surface area contributed by atoms with Gasteiger partial charge in [0.25, 0.3) is 0 Å². The van der Waals surface area contributed by atoms with Crippen LogP contribution in [-0.4, -0.2) is 13.1 Å². The summed E-state index contributed by atoms with van der Waals surface area (Å²) < 4.78 is 42.0. The summed E-state index contributed by atoms with van der Waals surface area (Å²) in [4.78, 5) is 23.6. The second-order valence-corrected chi connectivity index (χ2v) is 5.93. The smallest absolute Gasteiger partial charge is 0.340 e. The largest absolute Gasteiger partial charge is 0.489 e. The first-order chi connectivity index (χ1) is 12.9. The minimum atomic E-state index is -0.703. The number of hydrogen-bond donors (Lipinski definition) is 0. The predicted molar refractivity (Wildman–Crippen MR) is 93.6 cm³/mol. The number of hydrogen-bond acceptors (Lipinski definition) is 5. The van der Waals surface area contributed by atoms with E-state index in [0.29, 0.717) is 16.7 Å². The van der Waals surface area contributed by atoms with Gasteiger partial charge in [0, 0.05) is 23.1 Å². The maximum absolute atomic E-state index is 13.7. The summed E-state index contributed by atoms with van der Waals surface area (Å²) in [5.74, 6) is -1.55. The molecule has 0 saturated heterocycles. The topological polar surface area (TPSA) is 65.7 Å². The molecule has 1 heterocycles. The average molecular weight is 374 g/mol. The molecule has 0 aliphatic carbocycles. The van der Waals surface area contributed by atoms with E-state index < -0.39 is 23.2 Å². The zero-order chi connectivity index (χ0) is 19.6. The minimum Gasteiger partial charge on any atom is -0.489 e.